The lowest BCUT2D eigenvalue weighted by atomic mass is 9.97. The molecule has 2 heterocycles. The van der Waals surface area contributed by atoms with E-state index >= 15 is 0 Å². The van der Waals surface area contributed by atoms with E-state index in [-0.39, 0.29) is 6.61 Å². The summed E-state index contributed by atoms with van der Waals surface area (Å²) in [5.74, 6) is -1.93. The van der Waals surface area contributed by atoms with Gasteiger partial charge in [0.25, 0.3) is 0 Å². The van der Waals surface area contributed by atoms with Crippen LogP contribution in [-0.2, 0) is 49.3 Å². The van der Waals surface area contributed by atoms with Gasteiger partial charge in [-0.2, -0.15) is 0 Å². The van der Waals surface area contributed by atoms with Crippen LogP contribution in [0.3, 0.4) is 0 Å². The summed E-state index contributed by atoms with van der Waals surface area (Å²) in [6.45, 7) is 6.93. The van der Waals surface area contributed by atoms with Gasteiger partial charge < -0.3 is 33.0 Å². The molecule has 0 unspecified atom stereocenters. The maximum absolute atomic E-state index is 12.3. The standard InChI is InChI=1S/C31H34ClNO10/c1-6-38-23-12-10-21(11-13-23)14-22-15-33(25-9-7-8-24(32)27(22)25)31-30(42-20(5)37)29(41-19(4)36)28(40-18(3)35)26(43-31)16-39-17(2)34/h7-13,15,26,28-31H,6,14,16H2,1-5H3/t26-,28-,29+,30-,31-/m1/s1. The third kappa shape index (κ3) is 7.66. The Balaban J connectivity index is 1.84. The second-order valence-electron chi connectivity index (χ2n) is 10.0. The first-order valence-corrected chi connectivity index (χ1v) is 14.2. The van der Waals surface area contributed by atoms with Crippen molar-refractivity contribution in [3.8, 4) is 5.75 Å². The highest BCUT2D eigenvalue weighted by Gasteiger charge is 2.53. The Kier molecular flexibility index (Phi) is 10.3. The van der Waals surface area contributed by atoms with Crippen molar-refractivity contribution in [2.24, 2.45) is 0 Å². The molecule has 0 bridgehead atoms. The number of fused-ring (bicyclic) bond motifs is 1. The normalized spacial score (nSPS) is 21.6. The van der Waals surface area contributed by atoms with Crippen LogP contribution in [0.2, 0.25) is 5.02 Å². The van der Waals surface area contributed by atoms with Crippen molar-refractivity contribution in [2.45, 2.75) is 71.7 Å². The summed E-state index contributed by atoms with van der Waals surface area (Å²) >= 11 is 6.72. The quantitative estimate of drug-likeness (QED) is 0.237. The van der Waals surface area contributed by atoms with Gasteiger partial charge in [0.1, 0.15) is 18.5 Å². The maximum Gasteiger partial charge on any atom is 0.303 e. The predicted molar refractivity (Wildman–Crippen MR) is 155 cm³/mol. The maximum atomic E-state index is 12.3. The lowest BCUT2D eigenvalue weighted by Crippen LogP contribution is -2.60. The first-order chi connectivity index (χ1) is 20.5. The fraction of sp³-hybridized carbons (Fsp3) is 0.419. The zero-order valence-electron chi connectivity index (χ0n) is 24.5. The second kappa shape index (κ2) is 13.9. The van der Waals surface area contributed by atoms with E-state index in [4.69, 9.17) is 40.0 Å². The Bertz CT molecular complexity index is 1480. The number of hydrogen-bond donors (Lipinski definition) is 0. The molecule has 43 heavy (non-hydrogen) atoms. The minimum Gasteiger partial charge on any atom is -0.494 e. The molecule has 0 saturated carbocycles. The van der Waals surface area contributed by atoms with Crippen LogP contribution in [0, 0.1) is 0 Å². The molecule has 0 N–H and O–H groups in total. The molecule has 1 aliphatic heterocycles. The van der Waals surface area contributed by atoms with Gasteiger partial charge in [0, 0.05) is 39.3 Å². The summed E-state index contributed by atoms with van der Waals surface area (Å²) in [5.41, 5.74) is 2.48. The topological polar surface area (TPSA) is 129 Å². The van der Waals surface area contributed by atoms with Crippen molar-refractivity contribution in [2.75, 3.05) is 13.2 Å². The van der Waals surface area contributed by atoms with Crippen molar-refractivity contribution in [1.82, 2.24) is 4.57 Å². The van der Waals surface area contributed by atoms with E-state index in [1.165, 1.54) is 27.7 Å². The van der Waals surface area contributed by atoms with Crippen LogP contribution >= 0.6 is 11.6 Å². The fourth-order valence-electron chi connectivity index (χ4n) is 5.21. The number of hydrogen-bond acceptors (Lipinski definition) is 10. The van der Waals surface area contributed by atoms with Gasteiger partial charge >= 0.3 is 23.9 Å². The molecule has 12 heteroatoms. The highest BCUT2D eigenvalue weighted by atomic mass is 35.5. The Morgan fingerprint density at radius 1 is 0.837 bits per heavy atom. The largest absolute Gasteiger partial charge is 0.494 e. The summed E-state index contributed by atoms with van der Waals surface area (Å²) in [4.78, 5) is 48.4. The van der Waals surface area contributed by atoms with Gasteiger partial charge in [0.05, 0.1) is 17.1 Å². The molecule has 2 aromatic carbocycles. The average Bonchev–Trinajstić information content (AvgIpc) is 3.29. The molecule has 0 spiro atoms. The van der Waals surface area contributed by atoms with Gasteiger partial charge in [0.15, 0.2) is 24.5 Å². The van der Waals surface area contributed by atoms with Gasteiger partial charge in [-0.25, -0.2) is 0 Å². The van der Waals surface area contributed by atoms with E-state index in [2.05, 4.69) is 0 Å². The third-order valence-corrected chi connectivity index (χ3v) is 7.07. The fourth-order valence-corrected chi connectivity index (χ4v) is 5.50. The van der Waals surface area contributed by atoms with E-state index in [0.717, 1.165) is 22.3 Å². The molecule has 0 radical (unpaired) electrons. The van der Waals surface area contributed by atoms with Crippen LogP contribution in [0.25, 0.3) is 10.9 Å². The number of carbonyl (C=O) groups is 4. The zero-order valence-corrected chi connectivity index (χ0v) is 25.3. The van der Waals surface area contributed by atoms with Crippen LogP contribution in [-0.4, -0.2) is 66.1 Å². The van der Waals surface area contributed by atoms with Crippen molar-refractivity contribution >= 4 is 46.4 Å². The molecule has 0 aliphatic carbocycles. The summed E-state index contributed by atoms with van der Waals surface area (Å²) in [6.07, 6.45) is -3.67. The molecule has 3 aromatic rings. The van der Waals surface area contributed by atoms with Crippen molar-refractivity contribution in [3.63, 3.8) is 0 Å². The number of nitrogens with zero attached hydrogens (tertiary/aromatic N) is 1. The number of halogens is 1. The number of aromatic nitrogens is 1. The molecule has 230 valence electrons. The highest BCUT2D eigenvalue weighted by molar-refractivity contribution is 6.35. The number of esters is 4. The Morgan fingerprint density at radius 2 is 1.47 bits per heavy atom. The van der Waals surface area contributed by atoms with E-state index in [1.807, 2.05) is 43.5 Å². The molecule has 1 aliphatic rings. The highest BCUT2D eigenvalue weighted by Crippen LogP contribution is 2.39. The molecule has 11 nitrogen and oxygen atoms in total. The minimum atomic E-state index is -1.30. The van der Waals surface area contributed by atoms with Gasteiger partial charge in [-0.3, -0.25) is 19.2 Å². The van der Waals surface area contributed by atoms with Crippen LogP contribution in [0.1, 0.15) is 52.0 Å². The molecule has 1 aromatic heterocycles. The lowest BCUT2D eigenvalue weighted by Gasteiger charge is -2.44. The molecule has 1 fully saturated rings. The van der Waals surface area contributed by atoms with Crippen LogP contribution < -0.4 is 4.74 Å². The zero-order chi connectivity index (χ0) is 31.3. The number of benzene rings is 2. The summed E-state index contributed by atoms with van der Waals surface area (Å²) in [6, 6.07) is 13.1. The Labute approximate surface area is 253 Å². The molecule has 1 saturated heterocycles. The van der Waals surface area contributed by atoms with Gasteiger partial charge in [0.2, 0.25) is 0 Å². The third-order valence-electron chi connectivity index (χ3n) is 6.76. The summed E-state index contributed by atoms with van der Waals surface area (Å²) in [7, 11) is 0. The van der Waals surface area contributed by atoms with E-state index < -0.39 is 54.5 Å². The average molecular weight is 616 g/mol. The van der Waals surface area contributed by atoms with Crippen molar-refractivity contribution < 1.29 is 47.6 Å². The number of rotatable bonds is 10. The van der Waals surface area contributed by atoms with Crippen molar-refractivity contribution in [1.29, 1.82) is 0 Å². The first kappa shape index (κ1) is 31.8. The molecular formula is C31H34ClNO10. The van der Waals surface area contributed by atoms with E-state index in [9.17, 15) is 19.2 Å². The van der Waals surface area contributed by atoms with Gasteiger partial charge in [-0.15, -0.1) is 0 Å². The van der Waals surface area contributed by atoms with E-state index in [0.29, 0.717) is 23.6 Å². The van der Waals surface area contributed by atoms with Crippen LogP contribution in [0.4, 0.5) is 0 Å². The Morgan fingerprint density at radius 3 is 2.07 bits per heavy atom. The first-order valence-electron chi connectivity index (χ1n) is 13.8. The predicted octanol–water partition coefficient (Wildman–Crippen LogP) is 4.54. The van der Waals surface area contributed by atoms with Crippen LogP contribution in [0.15, 0.2) is 48.7 Å². The molecule has 4 rings (SSSR count). The number of ether oxygens (including phenoxy) is 6. The summed E-state index contributed by atoms with van der Waals surface area (Å²) < 4.78 is 35.7. The van der Waals surface area contributed by atoms with E-state index in [1.54, 1.807) is 16.7 Å². The molecular weight excluding hydrogens is 582 g/mol. The SMILES string of the molecule is CCOc1ccc(Cc2cn([C@@H]3O[C@H](COC(C)=O)[C@@H](OC(C)=O)[C@H](OC(C)=O)[C@H]3OC(C)=O)c3cccc(Cl)c23)cc1. The summed E-state index contributed by atoms with van der Waals surface area (Å²) in [5, 5.41) is 1.23. The minimum absolute atomic E-state index is 0.326. The molecule has 0 amide bonds. The smallest absolute Gasteiger partial charge is 0.303 e. The Hall–Kier alpha value is -4.09. The van der Waals surface area contributed by atoms with Crippen LogP contribution in [0.5, 0.6) is 5.75 Å². The monoisotopic (exact) mass is 615 g/mol. The number of carbonyl (C=O) groups excluding carboxylic acids is 4. The lowest BCUT2D eigenvalue weighted by molar-refractivity contribution is -0.267. The van der Waals surface area contributed by atoms with Gasteiger partial charge in [-0.1, -0.05) is 29.8 Å². The van der Waals surface area contributed by atoms with Crippen molar-refractivity contribution in [3.05, 3.63) is 64.8 Å². The molecule has 5 atom stereocenters. The van der Waals surface area contributed by atoms with Gasteiger partial charge in [-0.05, 0) is 48.7 Å². The second-order valence-corrected chi connectivity index (χ2v) is 10.4.